The largest absolute Gasteiger partial charge is 0.378 e. The van der Waals surface area contributed by atoms with Crippen molar-refractivity contribution in [2.45, 2.75) is 25.9 Å². The van der Waals surface area contributed by atoms with Crippen molar-refractivity contribution in [1.29, 1.82) is 0 Å². The highest BCUT2D eigenvalue weighted by Crippen LogP contribution is 2.22. The van der Waals surface area contributed by atoms with Gasteiger partial charge in [0.1, 0.15) is 0 Å². The third kappa shape index (κ3) is 2.41. The Morgan fingerprint density at radius 1 is 1.50 bits per heavy atom. The van der Waals surface area contributed by atoms with Crippen LogP contribution >= 0.6 is 0 Å². The summed E-state index contributed by atoms with van der Waals surface area (Å²) in [5, 5.41) is 10.8. The number of aromatic nitrogens is 2. The van der Waals surface area contributed by atoms with Crippen LogP contribution in [0.25, 0.3) is 10.9 Å². The van der Waals surface area contributed by atoms with E-state index in [1.54, 1.807) is 0 Å². The van der Waals surface area contributed by atoms with E-state index in [1.165, 1.54) is 0 Å². The molecule has 2 aromatic rings. The Bertz CT molecular complexity index is 608. The number of nitrogens with one attached hydrogen (secondary N) is 2. The van der Waals surface area contributed by atoms with Gasteiger partial charge >= 0.3 is 0 Å². The summed E-state index contributed by atoms with van der Waals surface area (Å²) in [6, 6.07) is 7.65. The number of hydrogen-bond donors (Lipinski definition) is 2. The van der Waals surface area contributed by atoms with Crippen LogP contribution in [0, 0.1) is 5.92 Å². The first kappa shape index (κ1) is 13.1. The van der Waals surface area contributed by atoms with Crippen molar-refractivity contribution in [3.63, 3.8) is 0 Å². The molecule has 5 heteroatoms. The molecule has 3 rings (SSSR count). The Morgan fingerprint density at radius 3 is 3.20 bits per heavy atom. The minimum absolute atomic E-state index is 0.121. The monoisotopic (exact) mass is 273 g/mol. The number of benzene rings is 1. The summed E-state index contributed by atoms with van der Waals surface area (Å²) >= 11 is 0. The van der Waals surface area contributed by atoms with Crippen LogP contribution in [0.2, 0.25) is 0 Å². The zero-order chi connectivity index (χ0) is 13.9. The highest BCUT2D eigenvalue weighted by atomic mass is 16.5. The lowest BCUT2D eigenvalue weighted by Crippen LogP contribution is -2.33. The zero-order valence-electron chi connectivity index (χ0n) is 11.6. The standard InChI is InChI=1S/C15H19N3O2/c1-2-13-10(7-8-20-13)9-16-15(19)14-11-5-3-4-6-12(11)17-18-14/h3-6,10,13H,2,7-9H2,1H3,(H,16,19)(H,17,18). The molecule has 0 radical (unpaired) electrons. The van der Waals surface area contributed by atoms with Gasteiger partial charge in [-0.3, -0.25) is 9.89 Å². The van der Waals surface area contributed by atoms with Crippen molar-refractivity contribution in [2.75, 3.05) is 13.2 Å². The number of amides is 1. The lowest BCUT2D eigenvalue weighted by molar-refractivity contribution is 0.0825. The fourth-order valence-corrected chi connectivity index (χ4v) is 2.82. The van der Waals surface area contributed by atoms with Gasteiger partial charge in [-0.2, -0.15) is 5.10 Å². The predicted octanol–water partition coefficient (Wildman–Crippen LogP) is 2.11. The second-order valence-electron chi connectivity index (χ2n) is 5.19. The number of carbonyl (C=O) groups is 1. The van der Waals surface area contributed by atoms with Crippen LogP contribution in [-0.4, -0.2) is 35.4 Å². The average Bonchev–Trinajstić information content (AvgIpc) is 3.11. The molecular weight excluding hydrogens is 254 g/mol. The van der Waals surface area contributed by atoms with E-state index in [9.17, 15) is 4.79 Å². The summed E-state index contributed by atoms with van der Waals surface area (Å²) in [6.45, 7) is 3.56. The first-order valence-electron chi connectivity index (χ1n) is 7.12. The molecule has 1 aromatic carbocycles. The van der Waals surface area contributed by atoms with Crippen molar-refractivity contribution < 1.29 is 9.53 Å². The van der Waals surface area contributed by atoms with Gasteiger partial charge in [-0.15, -0.1) is 0 Å². The van der Waals surface area contributed by atoms with Crippen molar-refractivity contribution >= 4 is 16.8 Å². The summed E-state index contributed by atoms with van der Waals surface area (Å²) in [5.74, 6) is 0.290. The summed E-state index contributed by atoms with van der Waals surface area (Å²) < 4.78 is 5.63. The molecular formula is C15H19N3O2. The highest BCUT2D eigenvalue weighted by molar-refractivity contribution is 6.04. The van der Waals surface area contributed by atoms with Gasteiger partial charge in [-0.25, -0.2) is 0 Å². The number of carbonyl (C=O) groups excluding carboxylic acids is 1. The van der Waals surface area contributed by atoms with Gasteiger partial charge in [0.2, 0.25) is 0 Å². The van der Waals surface area contributed by atoms with Gasteiger partial charge in [0, 0.05) is 24.5 Å². The van der Waals surface area contributed by atoms with E-state index in [-0.39, 0.29) is 12.0 Å². The maximum Gasteiger partial charge on any atom is 0.272 e. The Kier molecular flexibility index (Phi) is 3.69. The number of para-hydroxylation sites is 1. The first-order chi connectivity index (χ1) is 9.79. The number of H-pyrrole nitrogens is 1. The van der Waals surface area contributed by atoms with Crippen molar-refractivity contribution in [3.05, 3.63) is 30.0 Å². The van der Waals surface area contributed by atoms with Gasteiger partial charge in [-0.05, 0) is 18.9 Å². The van der Waals surface area contributed by atoms with Gasteiger partial charge in [0.25, 0.3) is 5.91 Å². The molecule has 1 aliphatic heterocycles. The molecule has 2 heterocycles. The van der Waals surface area contributed by atoms with Gasteiger partial charge < -0.3 is 10.1 Å². The lowest BCUT2D eigenvalue weighted by Gasteiger charge is -2.16. The predicted molar refractivity (Wildman–Crippen MR) is 76.6 cm³/mol. The van der Waals surface area contributed by atoms with E-state index < -0.39 is 0 Å². The van der Waals surface area contributed by atoms with Crippen molar-refractivity contribution in [1.82, 2.24) is 15.5 Å². The van der Waals surface area contributed by atoms with Crippen LogP contribution in [0.5, 0.6) is 0 Å². The van der Waals surface area contributed by atoms with Crippen molar-refractivity contribution in [2.24, 2.45) is 5.92 Å². The summed E-state index contributed by atoms with van der Waals surface area (Å²) in [4.78, 5) is 12.2. The number of hydrogen-bond acceptors (Lipinski definition) is 3. The van der Waals surface area contributed by atoms with Crippen LogP contribution in [0.3, 0.4) is 0 Å². The molecule has 2 atom stereocenters. The molecule has 1 saturated heterocycles. The van der Waals surface area contributed by atoms with Crippen LogP contribution in [0.15, 0.2) is 24.3 Å². The maximum atomic E-state index is 12.2. The Balaban J connectivity index is 1.67. The average molecular weight is 273 g/mol. The summed E-state index contributed by atoms with van der Waals surface area (Å²) in [5.41, 5.74) is 1.35. The maximum absolute atomic E-state index is 12.2. The van der Waals surface area contributed by atoms with Gasteiger partial charge in [0.15, 0.2) is 5.69 Å². The molecule has 0 bridgehead atoms. The molecule has 0 saturated carbocycles. The molecule has 20 heavy (non-hydrogen) atoms. The molecule has 1 aromatic heterocycles. The number of fused-ring (bicyclic) bond motifs is 1. The third-order valence-corrected chi connectivity index (χ3v) is 3.96. The quantitative estimate of drug-likeness (QED) is 0.896. The minimum Gasteiger partial charge on any atom is -0.378 e. The zero-order valence-corrected chi connectivity index (χ0v) is 11.6. The fourth-order valence-electron chi connectivity index (χ4n) is 2.82. The molecule has 106 valence electrons. The fraction of sp³-hybridized carbons (Fsp3) is 0.467. The van der Waals surface area contributed by atoms with Gasteiger partial charge in [-0.1, -0.05) is 25.1 Å². The molecule has 2 N–H and O–H groups in total. The van der Waals surface area contributed by atoms with Crippen LogP contribution < -0.4 is 5.32 Å². The summed E-state index contributed by atoms with van der Waals surface area (Å²) in [6.07, 6.45) is 2.28. The van der Waals surface area contributed by atoms with E-state index in [4.69, 9.17) is 4.74 Å². The van der Waals surface area contributed by atoms with E-state index in [1.807, 2.05) is 24.3 Å². The second-order valence-corrected chi connectivity index (χ2v) is 5.19. The normalized spacial score (nSPS) is 22.2. The van der Waals surface area contributed by atoms with Crippen molar-refractivity contribution in [3.8, 4) is 0 Å². The van der Waals surface area contributed by atoms with E-state index in [0.717, 1.165) is 30.4 Å². The van der Waals surface area contributed by atoms with E-state index in [0.29, 0.717) is 18.2 Å². The molecule has 1 fully saturated rings. The van der Waals surface area contributed by atoms with Crippen LogP contribution in [0.4, 0.5) is 0 Å². The Labute approximate surface area is 117 Å². The van der Waals surface area contributed by atoms with Crippen LogP contribution in [0.1, 0.15) is 30.3 Å². The topological polar surface area (TPSA) is 67.0 Å². The molecule has 0 aliphatic carbocycles. The first-order valence-corrected chi connectivity index (χ1v) is 7.12. The SMILES string of the molecule is CCC1OCCC1CNC(=O)c1n[nH]c2ccccc12. The Morgan fingerprint density at radius 2 is 2.35 bits per heavy atom. The molecule has 1 aliphatic rings. The smallest absolute Gasteiger partial charge is 0.272 e. The minimum atomic E-state index is -0.121. The molecule has 1 amide bonds. The number of ether oxygens (including phenoxy) is 1. The molecule has 0 spiro atoms. The summed E-state index contributed by atoms with van der Waals surface area (Å²) in [7, 11) is 0. The van der Waals surface area contributed by atoms with E-state index >= 15 is 0 Å². The lowest BCUT2D eigenvalue weighted by atomic mass is 9.99. The highest BCUT2D eigenvalue weighted by Gasteiger charge is 2.27. The number of aromatic amines is 1. The van der Waals surface area contributed by atoms with Crippen LogP contribution in [-0.2, 0) is 4.74 Å². The molecule has 2 unspecified atom stereocenters. The van der Waals surface area contributed by atoms with Gasteiger partial charge in [0.05, 0.1) is 11.6 Å². The molecule has 5 nitrogen and oxygen atoms in total. The Hall–Kier alpha value is -1.88. The number of nitrogens with zero attached hydrogens (tertiary/aromatic N) is 1. The van der Waals surface area contributed by atoms with E-state index in [2.05, 4.69) is 22.4 Å². The third-order valence-electron chi connectivity index (χ3n) is 3.96. The second kappa shape index (κ2) is 5.63. The number of rotatable bonds is 4.